The fraction of sp³-hybridized carbons (Fsp3) is 0.455. The van der Waals surface area contributed by atoms with E-state index in [1.165, 1.54) is 23.9 Å². The van der Waals surface area contributed by atoms with Crippen LogP contribution in [-0.4, -0.2) is 18.6 Å². The van der Waals surface area contributed by atoms with E-state index >= 15 is 0 Å². The van der Waals surface area contributed by atoms with Crippen LogP contribution in [0, 0.1) is 0 Å². The summed E-state index contributed by atoms with van der Waals surface area (Å²) >= 11 is 7.03. The molecule has 0 aliphatic heterocycles. The Balaban J connectivity index is 2.95. The Morgan fingerprint density at radius 3 is 2.59 bits per heavy atom. The highest BCUT2D eigenvalue weighted by Gasteiger charge is 2.34. The van der Waals surface area contributed by atoms with E-state index in [0.717, 1.165) is 6.07 Å². The Bertz CT molecular complexity index is 368. The molecule has 96 valence electrons. The Kier molecular flexibility index (Phi) is 5.46. The van der Waals surface area contributed by atoms with Gasteiger partial charge < -0.3 is 4.74 Å². The number of hydrogen-bond acceptors (Lipinski definition) is 2. The molecule has 1 nitrogen and oxygen atoms in total. The lowest BCUT2D eigenvalue weighted by Gasteiger charge is -2.14. The molecular formula is C11H12ClF3OS. The number of halogens is 4. The zero-order chi connectivity index (χ0) is 12.9. The first-order chi connectivity index (χ1) is 7.99. The normalized spacial score (nSPS) is 11.6. The van der Waals surface area contributed by atoms with E-state index in [9.17, 15) is 13.2 Å². The molecule has 0 heterocycles. The molecule has 0 radical (unpaired) electrons. The van der Waals surface area contributed by atoms with Crippen molar-refractivity contribution in [2.75, 3.05) is 18.6 Å². The van der Waals surface area contributed by atoms with Crippen molar-refractivity contribution >= 4 is 23.4 Å². The second kappa shape index (κ2) is 6.40. The quantitative estimate of drug-likeness (QED) is 0.592. The molecule has 0 saturated carbocycles. The van der Waals surface area contributed by atoms with Crippen molar-refractivity contribution in [2.45, 2.75) is 12.1 Å². The van der Waals surface area contributed by atoms with Gasteiger partial charge in [-0.15, -0.1) is 11.6 Å². The first-order valence-electron chi connectivity index (χ1n) is 4.87. The molecule has 0 aromatic heterocycles. The van der Waals surface area contributed by atoms with Gasteiger partial charge in [-0.2, -0.15) is 24.9 Å². The molecule has 0 N–H and O–H groups in total. The van der Waals surface area contributed by atoms with E-state index in [1.807, 2.05) is 6.26 Å². The van der Waals surface area contributed by atoms with E-state index in [0.29, 0.717) is 11.3 Å². The molecule has 1 aromatic rings. The summed E-state index contributed by atoms with van der Waals surface area (Å²) in [7, 11) is 0. The molecule has 0 atom stereocenters. The first kappa shape index (κ1) is 14.5. The highest BCUT2D eigenvalue weighted by Crippen LogP contribution is 2.37. The third kappa shape index (κ3) is 4.32. The molecule has 0 unspecified atom stereocenters. The maximum absolute atomic E-state index is 12.7. The fourth-order valence-corrected chi connectivity index (χ4v) is 1.66. The molecule has 0 bridgehead atoms. The Hall–Kier alpha value is -0.550. The lowest BCUT2D eigenvalue weighted by atomic mass is 10.1. The van der Waals surface area contributed by atoms with Gasteiger partial charge in [-0.1, -0.05) is 6.07 Å². The van der Waals surface area contributed by atoms with Gasteiger partial charge in [-0.25, -0.2) is 0 Å². The molecule has 0 aliphatic rings. The number of rotatable bonds is 5. The van der Waals surface area contributed by atoms with Crippen molar-refractivity contribution in [1.29, 1.82) is 0 Å². The van der Waals surface area contributed by atoms with Crippen LogP contribution < -0.4 is 4.74 Å². The van der Waals surface area contributed by atoms with Gasteiger partial charge in [0.15, 0.2) is 0 Å². The van der Waals surface area contributed by atoms with E-state index in [-0.39, 0.29) is 18.2 Å². The third-order valence-corrected chi connectivity index (χ3v) is 2.93. The van der Waals surface area contributed by atoms with E-state index in [4.69, 9.17) is 16.3 Å². The summed E-state index contributed by atoms with van der Waals surface area (Å²) in [5.41, 5.74) is -0.340. The summed E-state index contributed by atoms with van der Waals surface area (Å²) in [5.74, 6) is 0.559. The van der Waals surface area contributed by atoms with E-state index < -0.39 is 11.7 Å². The fourth-order valence-electron chi connectivity index (χ4n) is 1.24. The Morgan fingerprint density at radius 1 is 1.35 bits per heavy atom. The number of benzene rings is 1. The number of hydrogen-bond donors (Lipinski definition) is 0. The number of alkyl halides is 4. The van der Waals surface area contributed by atoms with Crippen molar-refractivity contribution in [1.82, 2.24) is 0 Å². The van der Waals surface area contributed by atoms with Crippen molar-refractivity contribution in [3.05, 3.63) is 29.3 Å². The van der Waals surface area contributed by atoms with Crippen molar-refractivity contribution in [3.63, 3.8) is 0 Å². The average Bonchev–Trinajstić information content (AvgIpc) is 2.28. The molecule has 6 heteroatoms. The van der Waals surface area contributed by atoms with Crippen LogP contribution in [0.2, 0.25) is 0 Å². The van der Waals surface area contributed by atoms with Gasteiger partial charge in [-0.05, 0) is 24.0 Å². The lowest BCUT2D eigenvalue weighted by Crippen LogP contribution is -2.10. The van der Waals surface area contributed by atoms with Crippen LogP contribution in [0.1, 0.15) is 11.1 Å². The summed E-state index contributed by atoms with van der Waals surface area (Å²) in [6, 6.07) is 3.89. The van der Waals surface area contributed by atoms with E-state index in [2.05, 4.69) is 0 Å². The van der Waals surface area contributed by atoms with Gasteiger partial charge in [-0.3, -0.25) is 0 Å². The van der Waals surface area contributed by atoms with Gasteiger partial charge in [0.1, 0.15) is 5.75 Å². The smallest absolute Gasteiger partial charge is 0.419 e. The third-order valence-electron chi connectivity index (χ3n) is 2.05. The SMILES string of the molecule is CSCCOc1ccc(CCl)cc1C(F)(F)F. The Labute approximate surface area is 107 Å². The maximum atomic E-state index is 12.7. The molecule has 17 heavy (non-hydrogen) atoms. The minimum absolute atomic E-state index is 0.0498. The van der Waals surface area contributed by atoms with Crippen molar-refractivity contribution < 1.29 is 17.9 Å². The van der Waals surface area contributed by atoms with Crippen LogP contribution in [-0.2, 0) is 12.1 Å². The minimum Gasteiger partial charge on any atom is -0.492 e. The number of ether oxygens (including phenoxy) is 1. The predicted octanol–water partition coefficient (Wildman–Crippen LogP) is 4.19. The van der Waals surface area contributed by atoms with Crippen LogP contribution in [0.15, 0.2) is 18.2 Å². The Morgan fingerprint density at radius 2 is 2.06 bits per heavy atom. The van der Waals surface area contributed by atoms with Gasteiger partial charge in [0, 0.05) is 11.6 Å². The summed E-state index contributed by atoms with van der Waals surface area (Å²) in [4.78, 5) is 0. The summed E-state index contributed by atoms with van der Waals surface area (Å²) < 4.78 is 43.4. The van der Waals surface area contributed by atoms with E-state index in [1.54, 1.807) is 0 Å². The van der Waals surface area contributed by atoms with Crippen LogP contribution >= 0.6 is 23.4 Å². The molecule has 0 amide bonds. The minimum atomic E-state index is -4.42. The van der Waals surface area contributed by atoms with Crippen molar-refractivity contribution in [2.24, 2.45) is 0 Å². The molecule has 1 aromatic carbocycles. The first-order valence-corrected chi connectivity index (χ1v) is 6.79. The topological polar surface area (TPSA) is 9.23 Å². The summed E-state index contributed by atoms with van der Waals surface area (Å²) in [6.07, 6.45) is -2.55. The molecule has 1 rings (SSSR count). The van der Waals surface area contributed by atoms with Gasteiger partial charge >= 0.3 is 6.18 Å². The molecule has 0 saturated heterocycles. The van der Waals surface area contributed by atoms with Crippen LogP contribution in [0.25, 0.3) is 0 Å². The van der Waals surface area contributed by atoms with Crippen molar-refractivity contribution in [3.8, 4) is 5.75 Å². The second-order valence-corrected chi connectivity index (χ2v) is 4.56. The monoisotopic (exact) mass is 284 g/mol. The van der Waals surface area contributed by atoms with Crippen LogP contribution in [0.3, 0.4) is 0 Å². The summed E-state index contributed by atoms with van der Waals surface area (Å²) in [6.45, 7) is 0.254. The maximum Gasteiger partial charge on any atom is 0.419 e. The van der Waals surface area contributed by atoms with Gasteiger partial charge in [0.2, 0.25) is 0 Å². The molecule has 0 aliphatic carbocycles. The predicted molar refractivity (Wildman–Crippen MR) is 64.9 cm³/mol. The molecule has 0 fully saturated rings. The van der Waals surface area contributed by atoms with Gasteiger partial charge in [0.25, 0.3) is 0 Å². The van der Waals surface area contributed by atoms with Gasteiger partial charge in [0.05, 0.1) is 12.2 Å². The highest BCUT2D eigenvalue weighted by atomic mass is 35.5. The van der Waals surface area contributed by atoms with Crippen LogP contribution in [0.5, 0.6) is 5.75 Å². The standard InChI is InChI=1S/C11H12ClF3OS/c1-17-5-4-16-10-3-2-8(7-12)6-9(10)11(13,14)15/h2-3,6H,4-5,7H2,1H3. The zero-order valence-corrected chi connectivity index (χ0v) is 10.8. The van der Waals surface area contributed by atoms with Crippen LogP contribution in [0.4, 0.5) is 13.2 Å². The number of thioether (sulfide) groups is 1. The zero-order valence-electron chi connectivity index (χ0n) is 9.18. The highest BCUT2D eigenvalue weighted by molar-refractivity contribution is 7.98. The lowest BCUT2D eigenvalue weighted by molar-refractivity contribution is -0.138. The average molecular weight is 285 g/mol. The molecular weight excluding hydrogens is 273 g/mol. The summed E-state index contributed by atoms with van der Waals surface area (Å²) in [5, 5.41) is 0. The molecule has 0 spiro atoms. The largest absolute Gasteiger partial charge is 0.492 e. The second-order valence-electron chi connectivity index (χ2n) is 3.30.